The molecule has 4 fully saturated rings. The molecular formula is C39H53FK2N10O9. The average molecular weight is 903 g/mol. The average Bonchev–Trinajstić information content (AvgIpc) is 3.90. The van der Waals surface area contributed by atoms with Crippen molar-refractivity contribution in [1.82, 2.24) is 34.7 Å². The third kappa shape index (κ3) is 14.5. The first-order valence-corrected chi connectivity index (χ1v) is 19.5. The number of hydrogen-bond acceptors (Lipinski definition) is 15. The number of ether oxygens (including phenoxy) is 2. The Morgan fingerprint density at radius 2 is 1.31 bits per heavy atom. The summed E-state index contributed by atoms with van der Waals surface area (Å²) in [5, 5.41) is 42.4. The summed E-state index contributed by atoms with van der Waals surface area (Å²) in [4.78, 5) is 40.2. The molecule has 4 saturated heterocycles. The molecule has 1 N–H and O–H groups in total. The number of aryl methyl sites for hydroxylation is 2. The summed E-state index contributed by atoms with van der Waals surface area (Å²) in [6, 6.07) is 7.01. The van der Waals surface area contributed by atoms with Gasteiger partial charge in [-0.15, -0.1) is 0 Å². The second-order valence-corrected chi connectivity index (χ2v) is 14.6. The summed E-state index contributed by atoms with van der Waals surface area (Å²) in [5.41, 5.74) is 2.99. The molecule has 0 unspecified atom stereocenters. The minimum absolute atomic E-state index is 0. The van der Waals surface area contributed by atoms with Gasteiger partial charge in [0, 0.05) is 130 Å². The van der Waals surface area contributed by atoms with Gasteiger partial charge in [-0.25, -0.2) is 4.39 Å². The molecule has 0 radical (unpaired) electrons. The molecule has 6 heterocycles. The number of nitrogens with zero attached hydrogens (tertiary/aromatic N) is 9. The van der Waals surface area contributed by atoms with Crippen LogP contribution in [-0.2, 0) is 23.8 Å². The largest absolute Gasteiger partial charge is 1.00 e. The van der Waals surface area contributed by atoms with Crippen molar-refractivity contribution in [2.24, 2.45) is 14.1 Å². The van der Waals surface area contributed by atoms with E-state index in [0.717, 1.165) is 54.6 Å². The molecule has 4 aromatic rings. The topological polar surface area (TPSA) is 211 Å². The zero-order valence-electron chi connectivity index (χ0n) is 36.8. The van der Waals surface area contributed by atoms with Crippen molar-refractivity contribution < 1.29 is 143 Å². The number of fused-ring (bicyclic) bond motifs is 2. The molecule has 4 aliphatic heterocycles. The zero-order chi connectivity index (χ0) is 42.5. The molecule has 0 amide bonds. The molecule has 2 atom stereocenters. The van der Waals surface area contributed by atoms with Crippen LogP contribution in [0.1, 0.15) is 40.0 Å². The van der Waals surface area contributed by atoms with Crippen LogP contribution in [0.4, 0.5) is 21.5 Å². The standard InChI is InChI=1S/C19H25N5O3.C11H10FN3O3.C8H16N2.CH2O3.2K.H/c1-21-12-14(11-20-21)16-9-18(24(25)26)19(27-2)10-17(16)23-8-7-22-6-4-3-5-15(22)13-23;1-14-6-7(5-13-14)8-3-10(15(16)17)11(18-2)4-9(8)12;1-2-5-10-6-4-9-7-8(10)3-1;2-1-4-3;;;/h9-12,15H,3-8,13H2,1-2H3;3-6H,1-2H3;8-9H,1-7H2;1,3H;;;/q;;;;2*+1;-1/p-1/t15-;;8-;;;;/m1.1..../s1. The molecule has 2 aromatic heterocycles. The normalized spacial score (nSPS) is 18.2. The number of anilines is 1. The zero-order valence-corrected chi connectivity index (χ0v) is 42.1. The van der Waals surface area contributed by atoms with Crippen LogP contribution < -0.4 is 128 Å². The van der Waals surface area contributed by atoms with Crippen molar-refractivity contribution in [3.63, 3.8) is 0 Å². The first-order valence-electron chi connectivity index (χ1n) is 19.5. The van der Waals surface area contributed by atoms with Crippen LogP contribution >= 0.6 is 0 Å². The van der Waals surface area contributed by atoms with E-state index in [1.54, 1.807) is 30.2 Å². The number of methoxy groups -OCH3 is 2. The summed E-state index contributed by atoms with van der Waals surface area (Å²) in [6.07, 6.45) is 14.7. The predicted octanol–water partition coefficient (Wildman–Crippen LogP) is -2.18. The van der Waals surface area contributed by atoms with E-state index in [2.05, 4.69) is 35.1 Å². The van der Waals surface area contributed by atoms with Crippen molar-refractivity contribution in [2.75, 3.05) is 71.5 Å². The molecule has 322 valence electrons. The summed E-state index contributed by atoms with van der Waals surface area (Å²) < 4.78 is 27.2. The Kier molecular flexibility index (Phi) is 22.9. The molecule has 0 aliphatic carbocycles. The third-order valence-corrected chi connectivity index (χ3v) is 10.9. The number of nitro benzene ring substituents is 2. The van der Waals surface area contributed by atoms with E-state index in [1.807, 2.05) is 19.3 Å². The SMILES string of the molecule is C1CCN2CCNC[C@H]2C1.COc1cc(F)c(-c2cnn(C)c2)cc1[N+](=O)[O-].COc1cc(N2CCN3CCCC[C@@H]3C2)c(-c2cnn(C)c2)cc1[N+](=O)[O-].O=CO[O-].[H-].[K+].[K+]. The fourth-order valence-corrected chi connectivity index (χ4v) is 8.00. The van der Waals surface area contributed by atoms with Gasteiger partial charge >= 0.3 is 114 Å². The van der Waals surface area contributed by atoms with Gasteiger partial charge in [-0.1, -0.05) is 12.8 Å². The number of rotatable bonds is 8. The van der Waals surface area contributed by atoms with E-state index in [4.69, 9.17) is 19.5 Å². The third-order valence-electron chi connectivity index (χ3n) is 10.9. The Morgan fingerprint density at radius 1 is 0.787 bits per heavy atom. The Bertz CT molecular complexity index is 2020. The Labute approximate surface area is 440 Å². The molecule has 22 heteroatoms. The predicted molar refractivity (Wildman–Crippen MR) is 215 cm³/mol. The number of piperazine rings is 2. The molecule has 61 heavy (non-hydrogen) atoms. The van der Waals surface area contributed by atoms with E-state index in [0.29, 0.717) is 17.4 Å². The summed E-state index contributed by atoms with van der Waals surface area (Å²) in [7, 11) is 6.27. The first kappa shape index (κ1) is 52.9. The van der Waals surface area contributed by atoms with Crippen molar-refractivity contribution in [3.05, 3.63) is 75.1 Å². The monoisotopic (exact) mass is 902 g/mol. The van der Waals surface area contributed by atoms with Crippen molar-refractivity contribution in [1.29, 1.82) is 0 Å². The molecule has 8 rings (SSSR count). The molecule has 0 spiro atoms. The summed E-state index contributed by atoms with van der Waals surface area (Å²) in [6.45, 7) is 8.94. The summed E-state index contributed by atoms with van der Waals surface area (Å²) in [5.74, 6) is -0.399. The van der Waals surface area contributed by atoms with Gasteiger partial charge in [0.15, 0.2) is 11.5 Å². The van der Waals surface area contributed by atoms with Crippen molar-refractivity contribution >= 4 is 23.5 Å². The van der Waals surface area contributed by atoms with Crippen LogP contribution in [0.15, 0.2) is 49.1 Å². The Morgan fingerprint density at radius 3 is 1.82 bits per heavy atom. The number of nitrogens with one attached hydrogen (secondary N) is 1. The van der Waals surface area contributed by atoms with Gasteiger partial charge in [0.05, 0.1) is 36.5 Å². The second kappa shape index (κ2) is 26.4. The van der Waals surface area contributed by atoms with Gasteiger partial charge in [0.25, 0.3) is 6.47 Å². The Balaban J connectivity index is 0.000000326. The fraction of sp³-hybridized carbons (Fsp3) is 0.513. The maximum absolute atomic E-state index is 13.8. The number of piperidine rings is 2. The van der Waals surface area contributed by atoms with Gasteiger partial charge < -0.3 is 31.3 Å². The van der Waals surface area contributed by atoms with E-state index in [1.165, 1.54) is 96.3 Å². The van der Waals surface area contributed by atoms with Gasteiger partial charge in [-0.2, -0.15) is 10.2 Å². The number of aromatic nitrogens is 4. The summed E-state index contributed by atoms with van der Waals surface area (Å²) >= 11 is 0. The van der Waals surface area contributed by atoms with Crippen LogP contribution in [0.3, 0.4) is 0 Å². The van der Waals surface area contributed by atoms with Crippen LogP contribution in [0.5, 0.6) is 11.5 Å². The van der Waals surface area contributed by atoms with Crippen molar-refractivity contribution in [2.45, 2.75) is 50.6 Å². The number of nitro groups is 2. The first-order chi connectivity index (χ1) is 28.5. The van der Waals surface area contributed by atoms with Crippen LogP contribution in [0, 0.1) is 26.0 Å². The molecular weight excluding hydrogens is 850 g/mol. The maximum atomic E-state index is 13.8. The fourth-order valence-electron chi connectivity index (χ4n) is 8.00. The van der Waals surface area contributed by atoms with Gasteiger partial charge in [-0.3, -0.25) is 44.2 Å². The van der Waals surface area contributed by atoms with E-state index in [9.17, 15) is 24.6 Å². The van der Waals surface area contributed by atoms with E-state index >= 15 is 0 Å². The smallest absolute Gasteiger partial charge is 1.00 e. The Hall–Kier alpha value is -2.43. The minimum atomic E-state index is -0.613. The maximum Gasteiger partial charge on any atom is 1.00 e. The molecule has 0 saturated carbocycles. The van der Waals surface area contributed by atoms with E-state index in [-0.39, 0.29) is 138 Å². The number of carbonyl (C=O) groups is 1. The molecule has 4 aliphatic rings. The second-order valence-electron chi connectivity index (χ2n) is 14.6. The molecule has 19 nitrogen and oxygen atoms in total. The van der Waals surface area contributed by atoms with Crippen molar-refractivity contribution in [3.8, 4) is 33.8 Å². The van der Waals surface area contributed by atoms with Gasteiger partial charge in [-0.05, 0) is 38.8 Å². The van der Waals surface area contributed by atoms with Crippen LogP contribution in [0.25, 0.3) is 22.3 Å². The molecule has 2 aromatic carbocycles. The van der Waals surface area contributed by atoms with Crippen LogP contribution in [-0.4, -0.2) is 124 Å². The van der Waals surface area contributed by atoms with Gasteiger partial charge in [0.2, 0.25) is 0 Å². The minimum Gasteiger partial charge on any atom is -1.00 e. The number of carbonyl (C=O) groups excluding carboxylic acids is 1. The number of hydrogen-bond donors (Lipinski definition) is 1. The van der Waals surface area contributed by atoms with Crippen LogP contribution in [0.2, 0.25) is 0 Å². The quantitative estimate of drug-likeness (QED) is 0.0656. The number of benzene rings is 2. The number of halogens is 1. The molecule has 0 bridgehead atoms. The van der Waals surface area contributed by atoms with E-state index < -0.39 is 10.7 Å². The van der Waals surface area contributed by atoms with Gasteiger partial charge in [0.1, 0.15) is 5.82 Å².